The summed E-state index contributed by atoms with van der Waals surface area (Å²) < 4.78 is 161. The number of ether oxygens (including phenoxy) is 9. The van der Waals surface area contributed by atoms with Gasteiger partial charge in [0.25, 0.3) is 35.2 Å². The van der Waals surface area contributed by atoms with Gasteiger partial charge < -0.3 is 75.9 Å². The molecule has 4 aromatic heterocycles. The van der Waals surface area contributed by atoms with Crippen LogP contribution >= 0.6 is 36.6 Å². The Morgan fingerprint density at radius 2 is 0.788 bits per heavy atom. The van der Waals surface area contributed by atoms with E-state index in [9.17, 15) is 97.9 Å². The molecule has 0 radical (unpaired) electrons. The number of hydrogen-bond donors (Lipinski definition) is 8. The molecule has 0 saturated heterocycles. The third kappa shape index (κ3) is 31.8. The van der Waals surface area contributed by atoms with Crippen LogP contribution in [-0.4, -0.2) is 208 Å². The minimum Gasteiger partial charge on any atom is -0.467 e. The average molecular weight is 1720 g/mol. The molecule has 8 N–H and O–H groups in total. The van der Waals surface area contributed by atoms with Crippen LogP contribution in [0.2, 0.25) is 0 Å². The Morgan fingerprint density at radius 1 is 0.469 bits per heavy atom. The molecule has 4 aromatic rings. The van der Waals surface area contributed by atoms with E-state index in [-0.39, 0.29) is 74.3 Å². The molecule has 5 aliphatic carbocycles. The van der Waals surface area contributed by atoms with Gasteiger partial charge in [-0.3, -0.25) is 80.9 Å². The number of carbonyl (C=O) groups is 4. The molecule has 0 aliphatic heterocycles. The summed E-state index contributed by atoms with van der Waals surface area (Å²) in [5, 5.41) is 0. The standard InChI is InChI=1S/C13H20FN2O4P.C13H18FN2O4P.C12H19O6P.C11H14FN2O8P.C11H12FN2O8P.2CO2/c2*1-8(21(2,3)19)20-10-5-4-9(6-10)16-7-11(14)12(17)15-13(16)18;1-8(13)17-9-5-6-10(7-9)18-12(11(14)16-2)19(3,4)15;2*12-8-4-14(10(17)13-9(8)16)6-1-2-7(3-6)22-11(21-5-15)23(18,19)20;2*2-1-3/h7-10H,4-6H2,1-3H3,(H,15,17,18);4-5,7-10H,6H2,1-3H3,(H,15,17,18);5-6,9-10,12H,7H2,1-4H3;4-7,11H,1-3H2,(H,13,16,17)(H2,18,19,20);1-2,4-7,11H,3H2,(H,13,16,17)(H2,18,19,20);;/t2*8?,9-,10+;9-,10+,12?;2*6-,7+,11?;;/m00000../s1. The van der Waals surface area contributed by atoms with E-state index < -0.39 is 171 Å². The van der Waals surface area contributed by atoms with Gasteiger partial charge in [0.15, 0.2) is 0 Å². The van der Waals surface area contributed by atoms with Gasteiger partial charge in [0.05, 0.1) is 74.5 Å². The Morgan fingerprint density at radius 3 is 1.13 bits per heavy atom. The quantitative estimate of drug-likeness (QED) is 0.00896. The van der Waals surface area contributed by atoms with Crippen LogP contribution in [0.4, 0.5) is 17.6 Å². The summed E-state index contributed by atoms with van der Waals surface area (Å²) in [6.45, 7) is 14.1. The van der Waals surface area contributed by atoms with Crippen molar-refractivity contribution in [3.05, 3.63) is 168 Å². The molecule has 113 heavy (non-hydrogen) atoms. The van der Waals surface area contributed by atoms with E-state index in [1.807, 2.05) is 15.0 Å². The van der Waals surface area contributed by atoms with Gasteiger partial charge in [-0.05, 0) is 98.4 Å². The van der Waals surface area contributed by atoms with Gasteiger partial charge >= 0.3 is 74.3 Å². The number of carbonyl (C=O) groups excluding carboxylic acids is 8. The van der Waals surface area contributed by atoms with E-state index in [1.165, 1.54) is 44.1 Å². The van der Waals surface area contributed by atoms with Crippen molar-refractivity contribution in [3.8, 4) is 0 Å². The number of aromatic nitrogens is 8. The maximum Gasteiger partial charge on any atom is 0.393 e. The second kappa shape index (κ2) is 44.1. The predicted molar refractivity (Wildman–Crippen MR) is 379 cm³/mol. The van der Waals surface area contributed by atoms with Crippen molar-refractivity contribution in [2.75, 3.05) is 47.1 Å². The molecule has 51 heteroatoms. The first kappa shape index (κ1) is 98.3. The molecule has 0 bridgehead atoms. The van der Waals surface area contributed by atoms with Gasteiger partial charge in [0.2, 0.25) is 29.1 Å². The summed E-state index contributed by atoms with van der Waals surface area (Å²) in [4.78, 5) is 210. The fourth-order valence-corrected chi connectivity index (χ4v) is 13.8. The van der Waals surface area contributed by atoms with Crippen LogP contribution in [0.25, 0.3) is 0 Å². The Balaban J connectivity index is 0.000000359. The summed E-state index contributed by atoms with van der Waals surface area (Å²) in [6, 6.07) is -5.95. The van der Waals surface area contributed by atoms with Crippen molar-refractivity contribution in [1.82, 2.24) is 38.2 Å². The van der Waals surface area contributed by atoms with E-state index in [1.54, 1.807) is 69.8 Å². The fraction of sp³-hybridized carbons (Fsp3) is 0.548. The number of nitrogens with zero attached hydrogens (tertiary/aromatic N) is 4. The molecular formula is C62H83F4N8O34P5. The van der Waals surface area contributed by atoms with Crippen LogP contribution < -0.4 is 45.0 Å². The Kier molecular flexibility index (Phi) is 38.4. The number of rotatable bonds is 25. The monoisotopic (exact) mass is 1710 g/mol. The number of hydrogen-bond acceptors (Lipinski definition) is 30. The van der Waals surface area contributed by atoms with Gasteiger partial charge in [0, 0.05) is 38.3 Å². The molecule has 15 atom stereocenters. The Hall–Kier alpha value is -8.91. The molecule has 5 unspecified atom stereocenters. The largest absolute Gasteiger partial charge is 0.467 e. The predicted octanol–water partition coefficient (Wildman–Crippen LogP) is 2.12. The Bertz CT molecular complexity index is 4890. The van der Waals surface area contributed by atoms with Gasteiger partial charge in [-0.25, -0.2) is 24.0 Å². The lowest BCUT2D eigenvalue weighted by Gasteiger charge is -2.23. The minimum absolute atomic E-state index is 0.0180. The second-order valence-electron chi connectivity index (χ2n) is 26.0. The average Bonchev–Trinajstić information content (AvgIpc) is 1.74. The van der Waals surface area contributed by atoms with Crippen molar-refractivity contribution in [2.45, 2.75) is 169 Å². The van der Waals surface area contributed by atoms with Gasteiger partial charge in [0.1, 0.15) is 39.2 Å². The number of halogens is 4. The molecule has 42 nitrogen and oxygen atoms in total. The Labute approximate surface area is 634 Å². The molecule has 5 aliphatic rings. The lowest BCUT2D eigenvalue weighted by molar-refractivity contribution is -0.193. The van der Waals surface area contributed by atoms with Crippen molar-refractivity contribution in [3.63, 3.8) is 0 Å². The van der Waals surface area contributed by atoms with E-state index in [2.05, 4.69) is 14.2 Å². The zero-order chi connectivity index (χ0) is 86.0. The SMILES string of the molecule is CC(O[C@@H]1C=C[C@H](n2cc(F)c(=O)[nH]c2=O)C1)P(C)(C)=O.CC(O[C@@H]1CC[C@H](n2cc(F)c(=O)[nH]c2=O)C1)P(C)(C)=O.COC(=O)C(O[C@@H]1C=C[C@H](OC(C)=O)C1)P(C)(C)=O.O=C=O.O=C=O.O=COC(O[C@@H]1C=C[C@H](n2cc(F)c(=O)[nH]c2=O)C1)P(=O)(O)O.O=COC(O[C@@H]1CC[C@H](n2cc(F)c(=O)[nH]c2=O)C1)P(=O)(O)O. The maximum absolute atomic E-state index is 13.3. The summed E-state index contributed by atoms with van der Waals surface area (Å²) >= 11 is 0. The van der Waals surface area contributed by atoms with Crippen LogP contribution in [0.3, 0.4) is 0 Å². The lowest BCUT2D eigenvalue weighted by atomic mass is 10.2. The number of methoxy groups -OCH3 is 1. The first-order valence-electron chi connectivity index (χ1n) is 32.9. The fourth-order valence-electron chi connectivity index (χ4n) is 10.7. The van der Waals surface area contributed by atoms with Gasteiger partial charge in [-0.1, -0.05) is 30.4 Å². The lowest BCUT2D eigenvalue weighted by Crippen LogP contribution is -2.33. The number of aromatic amines is 4. The van der Waals surface area contributed by atoms with Crippen LogP contribution in [-0.2, 0) is 104 Å². The zero-order valence-electron chi connectivity index (χ0n) is 61.5. The van der Waals surface area contributed by atoms with Crippen LogP contribution in [0.15, 0.2) is 99.6 Å². The first-order chi connectivity index (χ1) is 52.4. The molecule has 0 aromatic carbocycles. The summed E-state index contributed by atoms with van der Waals surface area (Å²) in [6.07, 6.45) is 14.3. The third-order valence-electron chi connectivity index (χ3n) is 16.6. The first-order valence-corrected chi connectivity index (χ1v) is 44.3. The smallest absolute Gasteiger partial charge is 0.393 e. The molecule has 2 fully saturated rings. The number of allylic oxidation sites excluding steroid dienone is 2. The van der Waals surface area contributed by atoms with E-state index in [0.717, 1.165) is 38.5 Å². The molecule has 0 amide bonds. The highest BCUT2D eigenvalue weighted by molar-refractivity contribution is 7.64. The molecule has 2 saturated carbocycles. The van der Waals surface area contributed by atoms with Gasteiger partial charge in [-0.15, -0.1) is 0 Å². The van der Waals surface area contributed by atoms with Crippen molar-refractivity contribution < 1.29 is 141 Å². The highest BCUT2D eigenvalue weighted by Gasteiger charge is 2.41. The van der Waals surface area contributed by atoms with Gasteiger partial charge in [-0.2, -0.15) is 36.7 Å². The summed E-state index contributed by atoms with van der Waals surface area (Å²) in [5.74, 6) is -7.12. The maximum atomic E-state index is 13.3. The minimum atomic E-state index is -4.85. The van der Waals surface area contributed by atoms with E-state index >= 15 is 0 Å². The highest BCUT2D eigenvalue weighted by atomic mass is 31.2. The van der Waals surface area contributed by atoms with Crippen LogP contribution in [0, 0.1) is 23.3 Å². The summed E-state index contributed by atoms with van der Waals surface area (Å²) in [7, 11) is -15.9. The molecule has 628 valence electrons. The van der Waals surface area contributed by atoms with Crippen molar-refractivity contribution >= 4 is 73.8 Å². The van der Waals surface area contributed by atoms with E-state index in [4.69, 9.17) is 67.2 Å². The van der Waals surface area contributed by atoms with Crippen molar-refractivity contribution in [1.29, 1.82) is 0 Å². The number of esters is 2. The molecule has 9 rings (SSSR count). The third-order valence-corrected chi connectivity index (χ3v) is 23.3. The summed E-state index contributed by atoms with van der Waals surface area (Å²) in [5.41, 5.74) is -7.23. The topological polar surface area (TPSA) is 605 Å². The van der Waals surface area contributed by atoms with Crippen molar-refractivity contribution in [2.24, 2.45) is 0 Å². The highest BCUT2D eigenvalue weighted by Crippen LogP contribution is 2.49. The zero-order valence-corrected chi connectivity index (χ0v) is 66.0. The molecular weight excluding hydrogens is 1630 g/mol. The second-order valence-corrected chi connectivity index (χ2v) is 39.7. The van der Waals surface area contributed by atoms with Crippen LogP contribution in [0.1, 0.15) is 103 Å². The van der Waals surface area contributed by atoms with Crippen LogP contribution in [0.5, 0.6) is 0 Å². The van der Waals surface area contributed by atoms with E-state index in [0.29, 0.717) is 44.9 Å². The number of H-pyrrole nitrogens is 4. The molecule has 0 spiro atoms. The molecule has 4 heterocycles. The number of nitrogens with one attached hydrogen (secondary N) is 4. The normalized spacial score (nSPS) is 22.1.